The molecule has 2 nitrogen and oxygen atoms in total. The molecule has 1 atom stereocenters. The molecule has 0 aliphatic heterocycles. The number of hydrogen-bond donors (Lipinski definition) is 1. The third kappa shape index (κ3) is 6.44. The maximum absolute atomic E-state index is 10.5. The van der Waals surface area contributed by atoms with E-state index in [-0.39, 0.29) is 0 Å². The molecule has 1 aliphatic carbocycles. The molecule has 1 rings (SSSR count). The van der Waals surface area contributed by atoms with Crippen molar-refractivity contribution in [3.63, 3.8) is 0 Å². The molecule has 0 heterocycles. The van der Waals surface area contributed by atoms with Gasteiger partial charge in [-0.1, -0.05) is 48.5 Å². The van der Waals surface area contributed by atoms with Gasteiger partial charge >= 0.3 is 5.97 Å². The molecule has 2 heteroatoms. The summed E-state index contributed by atoms with van der Waals surface area (Å²) in [4.78, 5) is 10.5. The van der Waals surface area contributed by atoms with Crippen LogP contribution in [0.1, 0.15) is 47.0 Å². The van der Waals surface area contributed by atoms with Gasteiger partial charge in [-0.05, 0) is 57.1 Å². The van der Waals surface area contributed by atoms with Crippen LogP contribution in [0.15, 0.2) is 58.7 Å². The maximum Gasteiger partial charge on any atom is 0.328 e. The van der Waals surface area contributed by atoms with Crippen LogP contribution in [0.25, 0.3) is 0 Å². The lowest BCUT2D eigenvalue weighted by atomic mass is 9.84. The van der Waals surface area contributed by atoms with E-state index >= 15 is 0 Å². The van der Waals surface area contributed by atoms with Gasteiger partial charge in [0.25, 0.3) is 0 Å². The van der Waals surface area contributed by atoms with Crippen molar-refractivity contribution in [2.24, 2.45) is 5.92 Å². The number of carbonyl (C=O) groups is 1. The van der Waals surface area contributed by atoms with Gasteiger partial charge in [-0.15, -0.1) is 0 Å². The van der Waals surface area contributed by atoms with Gasteiger partial charge < -0.3 is 5.11 Å². The van der Waals surface area contributed by atoms with E-state index in [2.05, 4.69) is 32.9 Å². The summed E-state index contributed by atoms with van der Waals surface area (Å²) in [6.07, 6.45) is 15.1. The normalized spacial score (nSPS) is 21.6. The van der Waals surface area contributed by atoms with Crippen LogP contribution in [-0.4, -0.2) is 11.1 Å². The molecule has 0 aromatic rings. The minimum absolute atomic E-state index is 0.652. The van der Waals surface area contributed by atoms with Crippen LogP contribution in [-0.2, 0) is 4.79 Å². The van der Waals surface area contributed by atoms with Crippen LogP contribution in [0, 0.1) is 5.92 Å². The molecule has 0 amide bonds. The molecular weight excluding hydrogens is 260 g/mol. The van der Waals surface area contributed by atoms with Crippen LogP contribution in [0.4, 0.5) is 0 Å². The van der Waals surface area contributed by atoms with Gasteiger partial charge in [-0.2, -0.15) is 0 Å². The Bertz CT molecular complexity index is 528. The molecule has 21 heavy (non-hydrogen) atoms. The molecule has 0 radical (unpaired) electrons. The Kier molecular flexibility index (Phi) is 6.93. The summed E-state index contributed by atoms with van der Waals surface area (Å²) >= 11 is 0. The number of hydrogen-bond acceptors (Lipinski definition) is 1. The van der Waals surface area contributed by atoms with E-state index in [1.54, 1.807) is 13.0 Å². The molecule has 1 aliphatic rings. The molecule has 0 saturated carbocycles. The highest BCUT2D eigenvalue weighted by Crippen LogP contribution is 2.30. The fourth-order valence-corrected chi connectivity index (χ4v) is 2.57. The molecular formula is C19H26O2. The van der Waals surface area contributed by atoms with Crippen molar-refractivity contribution in [1.29, 1.82) is 0 Å². The fraction of sp³-hybridized carbons (Fsp3) is 0.421. The molecule has 0 fully saturated rings. The first kappa shape index (κ1) is 17.2. The summed E-state index contributed by atoms with van der Waals surface area (Å²) in [5, 5.41) is 8.63. The zero-order chi connectivity index (χ0) is 15.8. The van der Waals surface area contributed by atoms with E-state index in [0.29, 0.717) is 5.92 Å². The average molecular weight is 286 g/mol. The third-order valence-corrected chi connectivity index (χ3v) is 3.81. The van der Waals surface area contributed by atoms with Crippen LogP contribution in [0.3, 0.4) is 0 Å². The molecule has 0 bridgehead atoms. The second-order valence-electron chi connectivity index (χ2n) is 5.86. The highest BCUT2D eigenvalue weighted by atomic mass is 16.4. The summed E-state index contributed by atoms with van der Waals surface area (Å²) < 4.78 is 0. The number of allylic oxidation sites excluding steroid dienone is 9. The number of carboxylic acid groups (broad SMARTS) is 1. The minimum atomic E-state index is -0.911. The van der Waals surface area contributed by atoms with Crippen LogP contribution in [0.5, 0.6) is 0 Å². The first-order chi connectivity index (χ1) is 9.90. The van der Waals surface area contributed by atoms with Gasteiger partial charge in [0.2, 0.25) is 0 Å². The lowest BCUT2D eigenvalue weighted by Gasteiger charge is -2.22. The van der Waals surface area contributed by atoms with E-state index in [1.807, 2.05) is 12.2 Å². The number of rotatable bonds is 5. The van der Waals surface area contributed by atoms with Crippen molar-refractivity contribution in [1.82, 2.24) is 0 Å². The van der Waals surface area contributed by atoms with E-state index in [4.69, 9.17) is 5.11 Å². The summed E-state index contributed by atoms with van der Waals surface area (Å²) in [6.45, 7) is 8.36. The zero-order valence-corrected chi connectivity index (χ0v) is 13.5. The SMILES string of the molecule is CC1=C(/C=C/C(C)=C/C=C/C(C)=C\C(=O)O)[C@H](C)CCC1. The van der Waals surface area contributed by atoms with E-state index in [9.17, 15) is 4.79 Å². The van der Waals surface area contributed by atoms with E-state index in [1.165, 1.54) is 36.5 Å². The van der Waals surface area contributed by atoms with Gasteiger partial charge in [0.1, 0.15) is 0 Å². The van der Waals surface area contributed by atoms with Crippen molar-refractivity contribution < 1.29 is 9.90 Å². The van der Waals surface area contributed by atoms with Crippen molar-refractivity contribution in [3.8, 4) is 0 Å². The van der Waals surface area contributed by atoms with Crippen LogP contribution in [0.2, 0.25) is 0 Å². The van der Waals surface area contributed by atoms with Crippen LogP contribution < -0.4 is 0 Å². The molecule has 0 aromatic carbocycles. The predicted molar refractivity (Wildman–Crippen MR) is 89.1 cm³/mol. The van der Waals surface area contributed by atoms with Crippen LogP contribution >= 0.6 is 0 Å². The standard InChI is InChI=1S/C19H26O2/c1-14(7-5-8-15(2)13-19(20)21)11-12-18-16(3)9-6-10-17(18)4/h5,7-8,11-13,16H,6,9-10H2,1-4H3,(H,20,21)/b8-5+,12-11+,14-7+,15-13-/t16-/m1/s1. The summed E-state index contributed by atoms with van der Waals surface area (Å²) in [5.74, 6) is -0.259. The highest BCUT2D eigenvalue weighted by molar-refractivity contribution is 5.81. The third-order valence-electron chi connectivity index (χ3n) is 3.81. The first-order valence-electron chi connectivity index (χ1n) is 7.54. The quantitative estimate of drug-likeness (QED) is 0.556. The largest absolute Gasteiger partial charge is 0.478 e. The Morgan fingerprint density at radius 1 is 1.24 bits per heavy atom. The van der Waals surface area contributed by atoms with Crippen molar-refractivity contribution in [2.45, 2.75) is 47.0 Å². The van der Waals surface area contributed by atoms with Crippen molar-refractivity contribution in [2.75, 3.05) is 0 Å². The zero-order valence-electron chi connectivity index (χ0n) is 13.5. The second kappa shape index (κ2) is 8.46. The van der Waals surface area contributed by atoms with Gasteiger partial charge in [0.15, 0.2) is 0 Å². The van der Waals surface area contributed by atoms with Crippen molar-refractivity contribution >= 4 is 5.97 Å². The average Bonchev–Trinajstić information content (AvgIpc) is 2.37. The minimum Gasteiger partial charge on any atom is -0.478 e. The number of carboxylic acids is 1. The Balaban J connectivity index is 2.70. The van der Waals surface area contributed by atoms with E-state index < -0.39 is 5.97 Å². The molecule has 0 spiro atoms. The molecule has 0 aromatic heterocycles. The second-order valence-corrected chi connectivity index (χ2v) is 5.86. The van der Waals surface area contributed by atoms with Gasteiger partial charge in [0.05, 0.1) is 0 Å². The summed E-state index contributed by atoms with van der Waals surface area (Å²) in [7, 11) is 0. The number of aliphatic carboxylic acids is 1. The lowest BCUT2D eigenvalue weighted by molar-refractivity contribution is -0.131. The summed E-state index contributed by atoms with van der Waals surface area (Å²) in [5.41, 5.74) is 4.87. The Labute approximate surface area is 128 Å². The van der Waals surface area contributed by atoms with E-state index in [0.717, 1.165) is 11.1 Å². The topological polar surface area (TPSA) is 37.3 Å². The smallest absolute Gasteiger partial charge is 0.328 e. The monoisotopic (exact) mass is 286 g/mol. The molecule has 0 saturated heterocycles. The van der Waals surface area contributed by atoms with Gasteiger partial charge in [-0.3, -0.25) is 0 Å². The predicted octanol–water partition coefficient (Wildman–Crippen LogP) is 5.21. The lowest BCUT2D eigenvalue weighted by Crippen LogP contribution is -2.06. The summed E-state index contributed by atoms with van der Waals surface area (Å²) in [6, 6.07) is 0. The molecule has 1 N–H and O–H groups in total. The van der Waals surface area contributed by atoms with Crippen molar-refractivity contribution in [3.05, 3.63) is 58.7 Å². The maximum atomic E-state index is 10.5. The Hall–Kier alpha value is -1.83. The molecule has 0 unspecified atom stereocenters. The highest BCUT2D eigenvalue weighted by Gasteiger charge is 2.14. The Morgan fingerprint density at radius 3 is 2.57 bits per heavy atom. The first-order valence-corrected chi connectivity index (χ1v) is 7.54. The molecule has 114 valence electrons. The van der Waals surface area contributed by atoms with Gasteiger partial charge in [-0.25, -0.2) is 4.79 Å². The van der Waals surface area contributed by atoms with Gasteiger partial charge in [0, 0.05) is 6.08 Å². The Morgan fingerprint density at radius 2 is 1.95 bits per heavy atom. The fourth-order valence-electron chi connectivity index (χ4n) is 2.57.